The van der Waals surface area contributed by atoms with E-state index < -0.39 is 5.60 Å². The van der Waals surface area contributed by atoms with Gasteiger partial charge in [0.25, 0.3) is 0 Å². The highest BCUT2D eigenvalue weighted by atomic mass is 16.6. The van der Waals surface area contributed by atoms with Gasteiger partial charge in [-0.25, -0.2) is 0 Å². The number of carbonyl (C=O) groups excluding carboxylic acids is 1. The van der Waals surface area contributed by atoms with E-state index in [2.05, 4.69) is 27.7 Å². The molecule has 0 spiro atoms. The van der Waals surface area contributed by atoms with Crippen molar-refractivity contribution in [2.24, 2.45) is 5.41 Å². The number of carbonyl (C=O) groups is 1. The van der Waals surface area contributed by atoms with Crippen molar-refractivity contribution in [3.05, 3.63) is 0 Å². The molecule has 1 aliphatic rings. The average molecular weight is 258 g/mol. The van der Waals surface area contributed by atoms with Crippen molar-refractivity contribution in [2.75, 3.05) is 7.11 Å². The van der Waals surface area contributed by atoms with E-state index in [4.69, 9.17) is 14.2 Å². The lowest BCUT2D eigenvalue weighted by molar-refractivity contribution is -0.161. The lowest BCUT2D eigenvalue weighted by Crippen LogP contribution is -2.53. The molecule has 18 heavy (non-hydrogen) atoms. The molecule has 106 valence electrons. The fourth-order valence-electron chi connectivity index (χ4n) is 3.07. The summed E-state index contributed by atoms with van der Waals surface area (Å²) >= 11 is 0. The third-order valence-electron chi connectivity index (χ3n) is 3.97. The van der Waals surface area contributed by atoms with Crippen molar-refractivity contribution in [2.45, 2.75) is 71.9 Å². The van der Waals surface area contributed by atoms with Crippen LogP contribution in [0.1, 0.15) is 48.0 Å². The molecule has 0 aromatic rings. The number of ether oxygens (including phenoxy) is 3. The minimum absolute atomic E-state index is 0.0917. The monoisotopic (exact) mass is 258 g/mol. The van der Waals surface area contributed by atoms with Gasteiger partial charge in [0.1, 0.15) is 11.7 Å². The maximum Gasteiger partial charge on any atom is 0.303 e. The lowest BCUT2D eigenvalue weighted by atomic mass is 9.71. The lowest BCUT2D eigenvalue weighted by Gasteiger charge is -2.44. The number of hydrogen-bond donors (Lipinski definition) is 0. The Morgan fingerprint density at radius 2 is 1.94 bits per heavy atom. The van der Waals surface area contributed by atoms with Crippen molar-refractivity contribution in [3.8, 4) is 0 Å². The Kier molecular flexibility index (Phi) is 4.44. The quantitative estimate of drug-likeness (QED) is 0.730. The fraction of sp³-hybridized carbons (Fsp3) is 0.929. The van der Waals surface area contributed by atoms with Crippen LogP contribution in [0.2, 0.25) is 0 Å². The Morgan fingerprint density at radius 1 is 1.39 bits per heavy atom. The van der Waals surface area contributed by atoms with Crippen LogP contribution in [0, 0.1) is 5.41 Å². The molecule has 0 amide bonds. The summed E-state index contributed by atoms with van der Waals surface area (Å²) < 4.78 is 17.2. The third-order valence-corrected chi connectivity index (χ3v) is 3.97. The molecular formula is C14H26O4. The zero-order valence-electron chi connectivity index (χ0n) is 12.6. The van der Waals surface area contributed by atoms with E-state index in [1.165, 1.54) is 6.92 Å². The molecule has 0 unspecified atom stereocenters. The molecule has 0 aromatic carbocycles. The molecule has 0 saturated carbocycles. The molecule has 4 atom stereocenters. The van der Waals surface area contributed by atoms with Crippen LogP contribution in [0.5, 0.6) is 0 Å². The summed E-state index contributed by atoms with van der Waals surface area (Å²) in [7, 11) is 1.65. The van der Waals surface area contributed by atoms with E-state index in [-0.39, 0.29) is 29.7 Å². The van der Waals surface area contributed by atoms with Crippen LogP contribution < -0.4 is 0 Å². The number of methoxy groups -OCH3 is 1. The maximum atomic E-state index is 11.2. The Morgan fingerprint density at radius 3 is 2.28 bits per heavy atom. The van der Waals surface area contributed by atoms with Crippen LogP contribution in [0.4, 0.5) is 0 Å². The molecule has 0 N–H and O–H groups in total. The molecule has 1 saturated heterocycles. The van der Waals surface area contributed by atoms with Gasteiger partial charge >= 0.3 is 5.97 Å². The summed E-state index contributed by atoms with van der Waals surface area (Å²) in [6, 6.07) is 0. The average Bonchev–Trinajstić information content (AvgIpc) is 2.51. The molecule has 0 bridgehead atoms. The minimum atomic E-state index is -0.429. The molecule has 4 nitrogen and oxygen atoms in total. The van der Waals surface area contributed by atoms with Gasteiger partial charge in [0.05, 0.1) is 6.10 Å². The zero-order chi connectivity index (χ0) is 14.1. The van der Waals surface area contributed by atoms with Gasteiger partial charge in [-0.2, -0.15) is 0 Å². The summed E-state index contributed by atoms with van der Waals surface area (Å²) in [4.78, 5) is 11.2. The predicted molar refractivity (Wildman–Crippen MR) is 69.4 cm³/mol. The van der Waals surface area contributed by atoms with Gasteiger partial charge in [-0.05, 0) is 18.8 Å². The van der Waals surface area contributed by atoms with Gasteiger partial charge in [0.2, 0.25) is 0 Å². The van der Waals surface area contributed by atoms with Crippen LogP contribution >= 0.6 is 0 Å². The normalized spacial score (nSPS) is 36.7. The van der Waals surface area contributed by atoms with E-state index >= 15 is 0 Å². The van der Waals surface area contributed by atoms with E-state index in [1.54, 1.807) is 7.11 Å². The molecule has 1 heterocycles. The van der Waals surface area contributed by atoms with Gasteiger partial charge in [0, 0.05) is 14.0 Å². The standard InChI is InChI=1S/C14H26O4/c1-8-14(13(4,5)6)12(16-7)11(9(2)18-14)17-10(3)15/h9,11-12H,8H2,1-7H3/t9-,11-,12-,14+/m0/s1. The Balaban J connectivity index is 3.12. The van der Waals surface area contributed by atoms with Crippen LogP contribution in [0.15, 0.2) is 0 Å². The molecule has 1 aliphatic heterocycles. The molecule has 0 aliphatic carbocycles. The van der Waals surface area contributed by atoms with Gasteiger partial charge in [-0.15, -0.1) is 0 Å². The Hall–Kier alpha value is -0.610. The summed E-state index contributed by atoms with van der Waals surface area (Å²) in [5.41, 5.74) is -0.521. The third kappa shape index (κ3) is 2.41. The second kappa shape index (κ2) is 5.17. The van der Waals surface area contributed by atoms with Crippen LogP contribution in [-0.4, -0.2) is 37.0 Å². The highest BCUT2D eigenvalue weighted by Gasteiger charge is 2.60. The van der Waals surface area contributed by atoms with Crippen molar-refractivity contribution in [3.63, 3.8) is 0 Å². The smallest absolute Gasteiger partial charge is 0.303 e. The van der Waals surface area contributed by atoms with Crippen LogP contribution in [0.3, 0.4) is 0 Å². The Bertz CT molecular complexity index is 307. The first-order chi connectivity index (χ1) is 8.19. The second-order valence-corrected chi connectivity index (χ2v) is 6.05. The highest BCUT2D eigenvalue weighted by Crippen LogP contribution is 2.48. The highest BCUT2D eigenvalue weighted by molar-refractivity contribution is 5.66. The van der Waals surface area contributed by atoms with Crippen LogP contribution in [0.25, 0.3) is 0 Å². The largest absolute Gasteiger partial charge is 0.457 e. The summed E-state index contributed by atoms with van der Waals surface area (Å²) in [5.74, 6) is -0.293. The van der Waals surface area contributed by atoms with Crippen LogP contribution in [-0.2, 0) is 19.0 Å². The fourth-order valence-corrected chi connectivity index (χ4v) is 3.07. The first-order valence-electron chi connectivity index (χ1n) is 6.57. The maximum absolute atomic E-state index is 11.2. The molecule has 0 aromatic heterocycles. The van der Waals surface area contributed by atoms with Crippen molar-refractivity contribution < 1.29 is 19.0 Å². The summed E-state index contributed by atoms with van der Waals surface area (Å²) in [6.45, 7) is 11.8. The molecule has 4 heteroatoms. The molecular weight excluding hydrogens is 232 g/mol. The number of hydrogen-bond acceptors (Lipinski definition) is 4. The summed E-state index contributed by atoms with van der Waals surface area (Å²) in [5, 5.41) is 0. The van der Waals surface area contributed by atoms with Gasteiger partial charge in [-0.1, -0.05) is 27.7 Å². The molecule has 1 rings (SSSR count). The molecule has 1 fully saturated rings. The van der Waals surface area contributed by atoms with Crippen molar-refractivity contribution in [1.29, 1.82) is 0 Å². The predicted octanol–water partition coefficient (Wildman–Crippen LogP) is 2.55. The molecule has 0 radical (unpaired) electrons. The number of rotatable bonds is 3. The van der Waals surface area contributed by atoms with Gasteiger partial charge < -0.3 is 14.2 Å². The van der Waals surface area contributed by atoms with E-state index in [0.29, 0.717) is 0 Å². The first-order valence-corrected chi connectivity index (χ1v) is 6.57. The number of esters is 1. The van der Waals surface area contributed by atoms with Gasteiger partial charge in [0.15, 0.2) is 6.10 Å². The Labute approximate surface area is 110 Å². The van der Waals surface area contributed by atoms with E-state index in [1.807, 2.05) is 6.92 Å². The second-order valence-electron chi connectivity index (χ2n) is 6.05. The van der Waals surface area contributed by atoms with Crippen molar-refractivity contribution in [1.82, 2.24) is 0 Å². The summed E-state index contributed by atoms with van der Waals surface area (Å²) in [6.07, 6.45) is 0.0861. The first kappa shape index (κ1) is 15.4. The van der Waals surface area contributed by atoms with E-state index in [0.717, 1.165) is 6.42 Å². The SMILES string of the molecule is CC[C@@]1(C(C)(C)C)O[C@@H](C)[C@H](OC(C)=O)[C@@H]1OC. The van der Waals surface area contributed by atoms with Gasteiger partial charge in [-0.3, -0.25) is 4.79 Å². The van der Waals surface area contributed by atoms with E-state index in [9.17, 15) is 4.79 Å². The zero-order valence-corrected chi connectivity index (χ0v) is 12.6. The topological polar surface area (TPSA) is 44.8 Å². The van der Waals surface area contributed by atoms with Crippen molar-refractivity contribution >= 4 is 5.97 Å². The minimum Gasteiger partial charge on any atom is -0.457 e.